The maximum absolute atomic E-state index is 12.1. The van der Waals surface area contributed by atoms with E-state index in [1.165, 1.54) is 5.56 Å². The number of fused-ring (bicyclic) bond motifs is 1. The highest BCUT2D eigenvalue weighted by molar-refractivity contribution is 5.82. The van der Waals surface area contributed by atoms with Gasteiger partial charge in [-0.2, -0.15) is 0 Å². The molecule has 0 saturated carbocycles. The molecule has 2 aromatic rings. The van der Waals surface area contributed by atoms with Crippen LogP contribution in [-0.2, 0) is 11.2 Å². The van der Waals surface area contributed by atoms with Crippen LogP contribution >= 0.6 is 0 Å². The van der Waals surface area contributed by atoms with Crippen LogP contribution in [0.5, 0.6) is 0 Å². The van der Waals surface area contributed by atoms with Gasteiger partial charge in [0.25, 0.3) is 0 Å². The van der Waals surface area contributed by atoms with Crippen molar-refractivity contribution in [2.75, 3.05) is 13.1 Å². The average molecular weight is 256 g/mol. The summed E-state index contributed by atoms with van der Waals surface area (Å²) in [6.07, 6.45) is 0.380. The van der Waals surface area contributed by atoms with Gasteiger partial charge < -0.3 is 4.90 Å². The minimum Gasteiger partial charge on any atom is -0.343 e. The van der Waals surface area contributed by atoms with Gasteiger partial charge in [-0.3, -0.25) is 9.78 Å². The van der Waals surface area contributed by atoms with Crippen molar-refractivity contribution >= 4 is 16.8 Å². The van der Waals surface area contributed by atoms with E-state index >= 15 is 0 Å². The maximum Gasteiger partial charge on any atom is 0.228 e. The Labute approximate surface area is 114 Å². The summed E-state index contributed by atoms with van der Waals surface area (Å²) in [4.78, 5) is 18.4. The van der Waals surface area contributed by atoms with Crippen LogP contribution in [0.4, 0.5) is 0 Å². The minimum atomic E-state index is 0.143. The third kappa shape index (κ3) is 3.11. The molecule has 0 unspecified atom stereocenters. The standard InChI is InChI=1S/C16H20N2O/c1-4-18(5-2)16(19)11-14-8-7-13-10-12(3)6-9-15(13)17-14/h6-10H,4-5,11H2,1-3H3. The van der Waals surface area contributed by atoms with Crippen molar-refractivity contribution in [1.29, 1.82) is 0 Å². The van der Waals surface area contributed by atoms with Crippen molar-refractivity contribution in [2.45, 2.75) is 27.2 Å². The van der Waals surface area contributed by atoms with Gasteiger partial charge >= 0.3 is 0 Å². The molecule has 1 aromatic heterocycles. The molecule has 1 aromatic carbocycles. The molecule has 0 fully saturated rings. The number of hydrogen-bond acceptors (Lipinski definition) is 2. The number of carbonyl (C=O) groups excluding carboxylic acids is 1. The van der Waals surface area contributed by atoms with E-state index in [2.05, 4.69) is 18.0 Å². The Morgan fingerprint density at radius 1 is 1.16 bits per heavy atom. The molecule has 19 heavy (non-hydrogen) atoms. The van der Waals surface area contributed by atoms with Crippen molar-refractivity contribution in [1.82, 2.24) is 9.88 Å². The first-order chi connectivity index (χ1) is 9.13. The van der Waals surface area contributed by atoms with Crippen molar-refractivity contribution < 1.29 is 4.79 Å². The van der Waals surface area contributed by atoms with E-state index in [0.717, 1.165) is 29.7 Å². The number of aromatic nitrogens is 1. The molecule has 0 aliphatic rings. The molecule has 0 atom stereocenters. The van der Waals surface area contributed by atoms with Crippen LogP contribution in [0.15, 0.2) is 30.3 Å². The van der Waals surface area contributed by atoms with E-state index < -0.39 is 0 Å². The third-order valence-corrected chi connectivity index (χ3v) is 3.35. The second kappa shape index (κ2) is 5.83. The second-order valence-electron chi connectivity index (χ2n) is 4.74. The summed E-state index contributed by atoms with van der Waals surface area (Å²) in [6.45, 7) is 7.57. The highest BCUT2D eigenvalue weighted by Gasteiger charge is 2.11. The fourth-order valence-electron chi connectivity index (χ4n) is 2.23. The average Bonchev–Trinajstić information content (AvgIpc) is 2.40. The summed E-state index contributed by atoms with van der Waals surface area (Å²) in [5.74, 6) is 0.143. The molecule has 2 rings (SSSR count). The summed E-state index contributed by atoms with van der Waals surface area (Å²) in [7, 11) is 0. The maximum atomic E-state index is 12.1. The molecular weight excluding hydrogens is 236 g/mol. The van der Waals surface area contributed by atoms with Gasteiger partial charge in [-0.05, 0) is 39.0 Å². The van der Waals surface area contributed by atoms with Crippen LogP contribution in [-0.4, -0.2) is 28.9 Å². The largest absolute Gasteiger partial charge is 0.343 e. The van der Waals surface area contributed by atoms with Gasteiger partial charge in [0.05, 0.1) is 17.6 Å². The summed E-state index contributed by atoms with van der Waals surface area (Å²) in [5.41, 5.74) is 3.02. The normalized spacial score (nSPS) is 10.7. The quantitative estimate of drug-likeness (QED) is 0.842. The highest BCUT2D eigenvalue weighted by Crippen LogP contribution is 2.15. The smallest absolute Gasteiger partial charge is 0.228 e. The molecule has 0 N–H and O–H groups in total. The lowest BCUT2D eigenvalue weighted by molar-refractivity contribution is -0.130. The molecule has 3 heteroatoms. The molecule has 1 heterocycles. The number of hydrogen-bond donors (Lipinski definition) is 0. The Bertz CT molecular complexity index is 588. The fraction of sp³-hybridized carbons (Fsp3) is 0.375. The first-order valence-electron chi connectivity index (χ1n) is 6.78. The topological polar surface area (TPSA) is 33.2 Å². The summed E-state index contributed by atoms with van der Waals surface area (Å²) in [6, 6.07) is 10.2. The number of aryl methyl sites for hydroxylation is 1. The van der Waals surface area contributed by atoms with Crippen LogP contribution in [0, 0.1) is 6.92 Å². The van der Waals surface area contributed by atoms with Crippen LogP contribution in [0.25, 0.3) is 10.9 Å². The molecule has 0 aliphatic carbocycles. The molecule has 100 valence electrons. The second-order valence-corrected chi connectivity index (χ2v) is 4.74. The van der Waals surface area contributed by atoms with Crippen LogP contribution < -0.4 is 0 Å². The van der Waals surface area contributed by atoms with Gasteiger partial charge in [0.15, 0.2) is 0 Å². The van der Waals surface area contributed by atoms with E-state index in [1.807, 2.05) is 43.0 Å². The molecule has 3 nitrogen and oxygen atoms in total. The van der Waals surface area contributed by atoms with E-state index in [4.69, 9.17) is 0 Å². The monoisotopic (exact) mass is 256 g/mol. The van der Waals surface area contributed by atoms with Crippen molar-refractivity contribution in [2.24, 2.45) is 0 Å². The van der Waals surface area contributed by atoms with E-state index in [-0.39, 0.29) is 5.91 Å². The Kier molecular flexibility index (Phi) is 4.15. The number of benzene rings is 1. The Hall–Kier alpha value is -1.90. The van der Waals surface area contributed by atoms with Gasteiger partial charge in [-0.25, -0.2) is 0 Å². The Balaban J connectivity index is 2.22. The third-order valence-electron chi connectivity index (χ3n) is 3.35. The number of nitrogens with zero attached hydrogens (tertiary/aromatic N) is 2. The molecule has 0 saturated heterocycles. The lowest BCUT2D eigenvalue weighted by Gasteiger charge is -2.18. The van der Waals surface area contributed by atoms with E-state index in [9.17, 15) is 4.79 Å². The van der Waals surface area contributed by atoms with E-state index in [1.54, 1.807) is 0 Å². The SMILES string of the molecule is CCN(CC)C(=O)Cc1ccc2cc(C)ccc2n1. The lowest BCUT2D eigenvalue weighted by Crippen LogP contribution is -2.31. The van der Waals surface area contributed by atoms with E-state index in [0.29, 0.717) is 6.42 Å². The molecular formula is C16H20N2O. The molecule has 0 radical (unpaired) electrons. The Morgan fingerprint density at radius 3 is 2.58 bits per heavy atom. The summed E-state index contributed by atoms with van der Waals surface area (Å²) < 4.78 is 0. The minimum absolute atomic E-state index is 0.143. The van der Waals surface area contributed by atoms with Gasteiger partial charge in [-0.15, -0.1) is 0 Å². The fourth-order valence-corrected chi connectivity index (χ4v) is 2.23. The number of pyridine rings is 1. The highest BCUT2D eigenvalue weighted by atomic mass is 16.2. The molecule has 0 spiro atoms. The van der Waals surface area contributed by atoms with Crippen LogP contribution in [0.1, 0.15) is 25.1 Å². The molecule has 0 bridgehead atoms. The van der Waals surface area contributed by atoms with Crippen LogP contribution in [0.3, 0.4) is 0 Å². The number of amides is 1. The number of carbonyl (C=O) groups is 1. The zero-order chi connectivity index (χ0) is 13.8. The van der Waals surface area contributed by atoms with Gasteiger partial charge in [0, 0.05) is 18.5 Å². The van der Waals surface area contributed by atoms with Crippen molar-refractivity contribution in [3.05, 3.63) is 41.6 Å². The van der Waals surface area contributed by atoms with Gasteiger partial charge in [-0.1, -0.05) is 17.7 Å². The zero-order valence-corrected chi connectivity index (χ0v) is 11.8. The van der Waals surface area contributed by atoms with Crippen LogP contribution in [0.2, 0.25) is 0 Å². The van der Waals surface area contributed by atoms with Crippen molar-refractivity contribution in [3.63, 3.8) is 0 Å². The molecule has 0 aliphatic heterocycles. The lowest BCUT2D eigenvalue weighted by atomic mass is 10.1. The number of likely N-dealkylation sites (N-methyl/N-ethyl adjacent to an activating group) is 1. The molecule has 1 amide bonds. The first kappa shape index (κ1) is 13.5. The summed E-state index contributed by atoms with van der Waals surface area (Å²) in [5, 5.41) is 1.12. The summed E-state index contributed by atoms with van der Waals surface area (Å²) >= 11 is 0. The number of rotatable bonds is 4. The predicted octanol–water partition coefficient (Wildman–Crippen LogP) is 2.95. The first-order valence-corrected chi connectivity index (χ1v) is 6.78. The zero-order valence-electron chi connectivity index (χ0n) is 11.8. The Morgan fingerprint density at radius 2 is 1.89 bits per heavy atom. The predicted molar refractivity (Wildman–Crippen MR) is 78.1 cm³/mol. The van der Waals surface area contributed by atoms with Gasteiger partial charge in [0.2, 0.25) is 5.91 Å². The van der Waals surface area contributed by atoms with Crippen molar-refractivity contribution in [3.8, 4) is 0 Å². The van der Waals surface area contributed by atoms with Gasteiger partial charge in [0.1, 0.15) is 0 Å².